The first-order valence-electron chi connectivity index (χ1n) is 11.3. The predicted octanol–water partition coefficient (Wildman–Crippen LogP) is 6.23. The zero-order valence-electron chi connectivity index (χ0n) is 19.0. The molecule has 5 nitrogen and oxygen atoms in total. The summed E-state index contributed by atoms with van der Waals surface area (Å²) >= 11 is 6.38. The van der Waals surface area contributed by atoms with Crippen LogP contribution in [0.5, 0.6) is 0 Å². The maximum atomic E-state index is 13.5. The van der Waals surface area contributed by atoms with Gasteiger partial charge in [-0.15, -0.1) is 0 Å². The molecule has 4 aromatic rings. The molecule has 0 unspecified atom stereocenters. The Kier molecular flexibility index (Phi) is 6.01. The molecule has 1 amide bonds. The first-order valence-corrected chi connectivity index (χ1v) is 11.6. The fourth-order valence-corrected chi connectivity index (χ4v) is 4.71. The van der Waals surface area contributed by atoms with E-state index in [1.54, 1.807) is 17.0 Å². The van der Waals surface area contributed by atoms with Gasteiger partial charge in [0, 0.05) is 55.6 Å². The van der Waals surface area contributed by atoms with Crippen molar-refractivity contribution in [1.82, 2.24) is 9.47 Å². The van der Waals surface area contributed by atoms with Crippen LogP contribution in [0.2, 0.25) is 5.02 Å². The molecule has 0 spiro atoms. The number of halogens is 4. The lowest BCUT2D eigenvalue weighted by atomic mass is 10.1. The Labute approximate surface area is 205 Å². The van der Waals surface area contributed by atoms with Gasteiger partial charge in [0.1, 0.15) is 11.5 Å². The third kappa shape index (κ3) is 4.62. The van der Waals surface area contributed by atoms with Gasteiger partial charge in [-0.25, -0.2) is 0 Å². The number of rotatable bonds is 4. The Bertz CT molecular complexity index is 1380. The third-order valence-corrected chi connectivity index (χ3v) is 6.69. The zero-order chi connectivity index (χ0) is 24.7. The highest BCUT2D eigenvalue weighted by Crippen LogP contribution is 2.32. The summed E-state index contributed by atoms with van der Waals surface area (Å²) in [6.07, 6.45) is -4.39. The molecule has 1 saturated heterocycles. The second kappa shape index (κ2) is 9.00. The number of nitrogens with zero attached hydrogens (tertiary/aromatic N) is 3. The van der Waals surface area contributed by atoms with Crippen molar-refractivity contribution in [3.63, 3.8) is 0 Å². The number of amides is 1. The highest BCUT2D eigenvalue weighted by atomic mass is 35.5. The first-order chi connectivity index (χ1) is 16.7. The van der Waals surface area contributed by atoms with Crippen LogP contribution in [0.4, 0.5) is 18.9 Å². The average molecular weight is 502 g/mol. The van der Waals surface area contributed by atoms with Gasteiger partial charge < -0.3 is 18.8 Å². The van der Waals surface area contributed by atoms with Gasteiger partial charge in [0.15, 0.2) is 5.58 Å². The van der Waals surface area contributed by atoms with Crippen LogP contribution in [0.3, 0.4) is 0 Å². The average Bonchev–Trinajstić information content (AvgIpc) is 3.36. The summed E-state index contributed by atoms with van der Waals surface area (Å²) in [4.78, 5) is 17.1. The Morgan fingerprint density at radius 3 is 2.46 bits per heavy atom. The van der Waals surface area contributed by atoms with Crippen LogP contribution in [0.1, 0.15) is 27.4 Å². The molecule has 2 aromatic carbocycles. The molecule has 9 heteroatoms. The van der Waals surface area contributed by atoms with E-state index in [0.29, 0.717) is 54.7 Å². The molecule has 1 aliphatic rings. The van der Waals surface area contributed by atoms with E-state index >= 15 is 0 Å². The molecule has 0 radical (unpaired) electrons. The van der Waals surface area contributed by atoms with Gasteiger partial charge in [-0.05, 0) is 36.8 Å². The number of hydrogen-bond donors (Lipinski definition) is 0. The van der Waals surface area contributed by atoms with Crippen LogP contribution in [0, 0.1) is 6.92 Å². The number of anilines is 1. The number of benzene rings is 2. The quantitative estimate of drug-likeness (QED) is 0.333. The van der Waals surface area contributed by atoms with E-state index in [2.05, 4.69) is 0 Å². The second-order valence-corrected chi connectivity index (χ2v) is 9.05. The normalized spacial score (nSPS) is 14.7. The summed E-state index contributed by atoms with van der Waals surface area (Å²) in [5, 5.41) is 0.614. The van der Waals surface area contributed by atoms with Gasteiger partial charge in [-0.1, -0.05) is 35.9 Å². The number of hydrogen-bond acceptors (Lipinski definition) is 3. The molecule has 1 fully saturated rings. The topological polar surface area (TPSA) is 41.6 Å². The van der Waals surface area contributed by atoms with Crippen LogP contribution < -0.4 is 4.90 Å². The van der Waals surface area contributed by atoms with Crippen molar-refractivity contribution < 1.29 is 22.4 Å². The minimum absolute atomic E-state index is 0.148. The number of fused-ring (bicyclic) bond motifs is 1. The largest absolute Gasteiger partial charge is 0.460 e. The van der Waals surface area contributed by atoms with E-state index in [0.717, 1.165) is 29.0 Å². The number of carbonyl (C=O) groups is 1. The molecule has 3 heterocycles. The smallest absolute Gasteiger partial charge is 0.416 e. The molecular formula is C26H23ClF3N3O2. The SMILES string of the molecule is Cc1cc2c(cc(C(=O)N3CCN(c4cccc(C(F)(F)F)c4)CC3)n2Cc2ccccc2Cl)o1. The van der Waals surface area contributed by atoms with Crippen molar-refractivity contribution >= 4 is 34.3 Å². The number of carbonyl (C=O) groups excluding carboxylic acids is 1. The molecule has 1 aliphatic heterocycles. The van der Waals surface area contributed by atoms with Crippen molar-refractivity contribution in [2.75, 3.05) is 31.1 Å². The second-order valence-electron chi connectivity index (χ2n) is 8.64. The van der Waals surface area contributed by atoms with E-state index < -0.39 is 11.7 Å². The monoisotopic (exact) mass is 501 g/mol. The third-order valence-electron chi connectivity index (χ3n) is 6.32. The number of furan rings is 1. The highest BCUT2D eigenvalue weighted by molar-refractivity contribution is 6.31. The molecule has 0 N–H and O–H groups in total. The zero-order valence-corrected chi connectivity index (χ0v) is 19.7. The molecule has 182 valence electrons. The van der Waals surface area contributed by atoms with Crippen LogP contribution in [0.15, 0.2) is 65.1 Å². The number of aryl methyl sites for hydroxylation is 1. The predicted molar refractivity (Wildman–Crippen MR) is 129 cm³/mol. The van der Waals surface area contributed by atoms with E-state index in [9.17, 15) is 18.0 Å². The van der Waals surface area contributed by atoms with Gasteiger partial charge in [-0.2, -0.15) is 13.2 Å². The van der Waals surface area contributed by atoms with Crippen molar-refractivity contribution in [3.8, 4) is 0 Å². The van der Waals surface area contributed by atoms with Crippen LogP contribution in [0.25, 0.3) is 11.1 Å². The maximum absolute atomic E-state index is 13.5. The lowest BCUT2D eigenvalue weighted by Gasteiger charge is -2.36. The molecule has 2 aromatic heterocycles. The van der Waals surface area contributed by atoms with Crippen LogP contribution in [-0.2, 0) is 12.7 Å². The number of piperazine rings is 1. The lowest BCUT2D eigenvalue weighted by molar-refractivity contribution is -0.137. The van der Waals surface area contributed by atoms with Crippen molar-refractivity contribution in [1.29, 1.82) is 0 Å². The molecule has 0 saturated carbocycles. The van der Waals surface area contributed by atoms with Crippen molar-refractivity contribution in [3.05, 3.63) is 88.3 Å². The van der Waals surface area contributed by atoms with Crippen LogP contribution in [-0.4, -0.2) is 41.6 Å². The Morgan fingerprint density at radius 1 is 1.00 bits per heavy atom. The van der Waals surface area contributed by atoms with Crippen molar-refractivity contribution in [2.24, 2.45) is 0 Å². The van der Waals surface area contributed by atoms with E-state index in [1.165, 1.54) is 6.07 Å². The highest BCUT2D eigenvalue weighted by Gasteiger charge is 2.32. The summed E-state index contributed by atoms with van der Waals surface area (Å²) < 4.78 is 47.0. The lowest BCUT2D eigenvalue weighted by Crippen LogP contribution is -2.49. The summed E-state index contributed by atoms with van der Waals surface area (Å²) in [7, 11) is 0. The fourth-order valence-electron chi connectivity index (χ4n) is 4.52. The van der Waals surface area contributed by atoms with E-state index in [4.69, 9.17) is 16.0 Å². The molecular weight excluding hydrogens is 479 g/mol. The summed E-state index contributed by atoms with van der Waals surface area (Å²) in [6.45, 7) is 3.93. The van der Waals surface area contributed by atoms with Gasteiger partial charge in [0.2, 0.25) is 0 Å². The Balaban J connectivity index is 1.37. The first kappa shape index (κ1) is 23.4. The summed E-state index contributed by atoms with van der Waals surface area (Å²) in [5.41, 5.74) is 2.64. The van der Waals surface area contributed by atoms with Gasteiger partial charge in [0.25, 0.3) is 5.91 Å². The van der Waals surface area contributed by atoms with Crippen LogP contribution >= 0.6 is 11.6 Å². The molecule has 35 heavy (non-hydrogen) atoms. The molecule has 5 rings (SSSR count). The minimum Gasteiger partial charge on any atom is -0.460 e. The minimum atomic E-state index is -4.39. The van der Waals surface area contributed by atoms with Gasteiger partial charge in [0.05, 0.1) is 11.1 Å². The Hall–Kier alpha value is -3.39. The fraction of sp³-hybridized carbons (Fsp3) is 0.269. The van der Waals surface area contributed by atoms with Gasteiger partial charge in [-0.3, -0.25) is 4.79 Å². The molecule has 0 bridgehead atoms. The van der Waals surface area contributed by atoms with E-state index in [-0.39, 0.29) is 5.91 Å². The van der Waals surface area contributed by atoms with Crippen molar-refractivity contribution in [2.45, 2.75) is 19.6 Å². The maximum Gasteiger partial charge on any atom is 0.416 e. The summed E-state index contributed by atoms with van der Waals surface area (Å²) in [6, 6.07) is 16.4. The number of aromatic nitrogens is 1. The summed E-state index contributed by atoms with van der Waals surface area (Å²) in [5.74, 6) is 0.599. The Morgan fingerprint density at radius 2 is 1.74 bits per heavy atom. The van der Waals surface area contributed by atoms with E-state index in [1.807, 2.05) is 46.7 Å². The molecule has 0 atom stereocenters. The number of alkyl halides is 3. The standard InChI is InChI=1S/C26H23ClF3N3O2/c1-17-13-22-24(35-17)15-23(33(22)16-18-5-2-3-8-21(18)27)25(34)32-11-9-31(10-12-32)20-7-4-6-19(14-20)26(28,29)30/h2-8,13-15H,9-12,16H2,1H3. The van der Waals surface area contributed by atoms with Gasteiger partial charge >= 0.3 is 6.18 Å². The molecule has 0 aliphatic carbocycles.